The molecule has 1 aromatic heterocycles. The number of carbonyl (C=O) groups excluding carboxylic acids is 1. The first-order valence-electron chi connectivity index (χ1n) is 6.68. The van der Waals surface area contributed by atoms with Gasteiger partial charge in [-0.15, -0.1) is 0 Å². The number of rotatable bonds is 4. The molecule has 1 aliphatic heterocycles. The third-order valence-electron chi connectivity index (χ3n) is 3.33. The highest BCUT2D eigenvalue weighted by molar-refractivity contribution is 5.95. The highest BCUT2D eigenvalue weighted by atomic mass is 16.3. The third-order valence-corrected chi connectivity index (χ3v) is 3.33. The molecule has 2 atom stereocenters. The Morgan fingerprint density at radius 2 is 2.10 bits per heavy atom. The lowest BCUT2D eigenvalue weighted by Gasteiger charge is -2.16. The fourth-order valence-corrected chi connectivity index (χ4v) is 2.29. The van der Waals surface area contributed by atoms with Crippen LogP contribution in [0, 0.1) is 0 Å². The van der Waals surface area contributed by atoms with Gasteiger partial charge in [0.15, 0.2) is 0 Å². The van der Waals surface area contributed by atoms with Crippen molar-refractivity contribution < 1.29 is 15.0 Å². The number of nitrogen functional groups attached to an aromatic ring is 1. The average Bonchev–Trinajstić information content (AvgIpc) is 2.78. The van der Waals surface area contributed by atoms with Crippen molar-refractivity contribution in [2.75, 3.05) is 18.5 Å². The van der Waals surface area contributed by atoms with Gasteiger partial charge in [-0.3, -0.25) is 4.79 Å². The van der Waals surface area contributed by atoms with Gasteiger partial charge in [0.1, 0.15) is 5.82 Å². The van der Waals surface area contributed by atoms with E-state index in [0.29, 0.717) is 11.4 Å². The minimum Gasteiger partial charge on any atom is -0.388 e. The lowest BCUT2D eigenvalue weighted by atomic mass is 10.1. The zero-order valence-corrected chi connectivity index (χ0v) is 11.4. The van der Waals surface area contributed by atoms with Crippen LogP contribution < -0.4 is 11.3 Å². The average molecular weight is 280 g/mol. The van der Waals surface area contributed by atoms with Crippen LogP contribution in [0.5, 0.6) is 0 Å². The number of aliphatic hydroxyl groups excluding tert-OH is 2. The first-order chi connectivity index (χ1) is 9.55. The van der Waals surface area contributed by atoms with E-state index in [9.17, 15) is 15.0 Å². The molecule has 0 saturated carbocycles. The number of nitrogens with zero attached hydrogens (tertiary/aromatic N) is 2. The number of nitrogens with two attached hydrogens (primary N) is 1. The van der Waals surface area contributed by atoms with Gasteiger partial charge in [-0.2, -0.15) is 0 Å². The van der Waals surface area contributed by atoms with Crippen LogP contribution in [0.1, 0.15) is 29.4 Å². The van der Waals surface area contributed by atoms with Gasteiger partial charge in [0.05, 0.1) is 12.2 Å². The van der Waals surface area contributed by atoms with Crippen molar-refractivity contribution in [1.29, 1.82) is 0 Å². The minimum absolute atomic E-state index is 0.136. The summed E-state index contributed by atoms with van der Waals surface area (Å²) in [7, 11) is 0. The van der Waals surface area contributed by atoms with Crippen LogP contribution in [0.3, 0.4) is 0 Å². The van der Waals surface area contributed by atoms with Gasteiger partial charge in [-0.25, -0.2) is 10.8 Å². The number of pyridine rings is 1. The molecule has 1 saturated heterocycles. The summed E-state index contributed by atoms with van der Waals surface area (Å²) in [6.07, 6.45) is -0.109. The van der Waals surface area contributed by atoms with Gasteiger partial charge >= 0.3 is 0 Å². The van der Waals surface area contributed by atoms with E-state index >= 15 is 0 Å². The van der Waals surface area contributed by atoms with Crippen LogP contribution in [0.25, 0.3) is 0 Å². The molecule has 1 amide bonds. The number of hydrogen-bond acceptors (Lipinski definition) is 6. The SMILES string of the molecule is CCCc1cc(C(=O)N2CC(O)C(O)C2)cc(NN)n1. The van der Waals surface area contributed by atoms with Crippen molar-refractivity contribution in [3.05, 3.63) is 23.4 Å². The molecule has 20 heavy (non-hydrogen) atoms. The zero-order chi connectivity index (χ0) is 14.7. The van der Waals surface area contributed by atoms with E-state index in [1.165, 1.54) is 4.90 Å². The Morgan fingerprint density at radius 1 is 1.45 bits per heavy atom. The van der Waals surface area contributed by atoms with E-state index in [-0.39, 0.29) is 19.0 Å². The number of hydrazine groups is 1. The number of hydrogen-bond donors (Lipinski definition) is 4. The lowest BCUT2D eigenvalue weighted by Crippen LogP contribution is -2.30. The Kier molecular flexibility index (Phi) is 4.53. The number of carbonyl (C=O) groups is 1. The first kappa shape index (κ1) is 14.7. The maximum Gasteiger partial charge on any atom is 0.254 e. The van der Waals surface area contributed by atoms with Gasteiger partial charge < -0.3 is 20.5 Å². The largest absolute Gasteiger partial charge is 0.388 e. The summed E-state index contributed by atoms with van der Waals surface area (Å²) in [6, 6.07) is 3.29. The molecule has 2 unspecified atom stereocenters. The fourth-order valence-electron chi connectivity index (χ4n) is 2.29. The summed E-state index contributed by atoms with van der Waals surface area (Å²) >= 11 is 0. The molecule has 0 spiro atoms. The van der Waals surface area contributed by atoms with Crippen molar-refractivity contribution in [2.45, 2.75) is 32.0 Å². The number of β-amino-alcohol motifs (C(OH)–C–C–N with tert-alkyl or cyclic N) is 2. The molecule has 7 heteroatoms. The maximum absolute atomic E-state index is 12.4. The number of anilines is 1. The number of aromatic nitrogens is 1. The third kappa shape index (κ3) is 3.06. The van der Waals surface area contributed by atoms with E-state index in [1.54, 1.807) is 12.1 Å². The monoisotopic (exact) mass is 280 g/mol. The van der Waals surface area contributed by atoms with Crippen LogP contribution >= 0.6 is 0 Å². The second kappa shape index (κ2) is 6.17. The van der Waals surface area contributed by atoms with E-state index in [1.807, 2.05) is 6.92 Å². The number of nitrogens with one attached hydrogen (secondary N) is 1. The standard InChI is InChI=1S/C13H20N4O3/c1-2-3-9-4-8(5-12(15-9)16-14)13(20)17-6-10(18)11(19)7-17/h4-5,10-11,18-19H,2-3,6-7,14H2,1H3,(H,15,16). The second-order valence-corrected chi connectivity index (χ2v) is 4.97. The van der Waals surface area contributed by atoms with Crippen LogP contribution in [-0.4, -0.2) is 51.3 Å². The van der Waals surface area contributed by atoms with Gasteiger partial charge in [-0.1, -0.05) is 13.3 Å². The first-order valence-corrected chi connectivity index (χ1v) is 6.68. The van der Waals surface area contributed by atoms with Crippen LogP contribution in [-0.2, 0) is 6.42 Å². The number of aryl methyl sites for hydroxylation is 1. The molecule has 0 bridgehead atoms. The predicted octanol–water partition coefficient (Wildman–Crippen LogP) is -0.503. The predicted molar refractivity (Wildman–Crippen MR) is 74.0 cm³/mol. The molecular weight excluding hydrogens is 260 g/mol. The van der Waals surface area contributed by atoms with Crippen molar-refractivity contribution in [3.63, 3.8) is 0 Å². The summed E-state index contributed by atoms with van der Waals surface area (Å²) in [5, 5.41) is 19.0. The van der Waals surface area contributed by atoms with Gasteiger partial charge in [0.25, 0.3) is 5.91 Å². The van der Waals surface area contributed by atoms with Crippen LogP contribution in [0.2, 0.25) is 0 Å². The molecule has 2 rings (SSSR count). The van der Waals surface area contributed by atoms with Crippen LogP contribution in [0.15, 0.2) is 12.1 Å². The molecule has 7 nitrogen and oxygen atoms in total. The molecular formula is C13H20N4O3. The molecule has 0 aromatic carbocycles. The van der Waals surface area contributed by atoms with E-state index in [0.717, 1.165) is 18.5 Å². The number of likely N-dealkylation sites (tertiary alicyclic amines) is 1. The quantitative estimate of drug-likeness (QED) is 0.437. The van der Waals surface area contributed by atoms with E-state index in [4.69, 9.17) is 5.84 Å². The summed E-state index contributed by atoms with van der Waals surface area (Å²) < 4.78 is 0. The summed E-state index contributed by atoms with van der Waals surface area (Å²) in [4.78, 5) is 18.1. The molecule has 5 N–H and O–H groups in total. The molecule has 0 radical (unpaired) electrons. The molecule has 1 aliphatic rings. The summed E-state index contributed by atoms with van der Waals surface area (Å²) in [5.41, 5.74) is 3.69. The minimum atomic E-state index is -0.886. The topological polar surface area (TPSA) is 112 Å². The summed E-state index contributed by atoms with van der Waals surface area (Å²) in [6.45, 7) is 2.30. The van der Waals surface area contributed by atoms with E-state index < -0.39 is 12.2 Å². The Morgan fingerprint density at radius 3 is 2.65 bits per heavy atom. The fraction of sp³-hybridized carbons (Fsp3) is 0.538. The van der Waals surface area contributed by atoms with Gasteiger partial charge in [0, 0.05) is 24.3 Å². The molecule has 2 heterocycles. The van der Waals surface area contributed by atoms with Crippen molar-refractivity contribution in [1.82, 2.24) is 9.88 Å². The summed E-state index contributed by atoms with van der Waals surface area (Å²) in [5.74, 6) is 5.56. The van der Waals surface area contributed by atoms with Crippen molar-refractivity contribution in [2.24, 2.45) is 5.84 Å². The smallest absolute Gasteiger partial charge is 0.254 e. The normalized spacial score (nSPS) is 22.1. The highest BCUT2D eigenvalue weighted by Gasteiger charge is 2.33. The Balaban J connectivity index is 2.22. The van der Waals surface area contributed by atoms with E-state index in [2.05, 4.69) is 10.4 Å². The zero-order valence-electron chi connectivity index (χ0n) is 11.4. The molecule has 1 fully saturated rings. The number of amides is 1. The second-order valence-electron chi connectivity index (χ2n) is 4.97. The molecule has 1 aromatic rings. The highest BCUT2D eigenvalue weighted by Crippen LogP contribution is 2.17. The van der Waals surface area contributed by atoms with Gasteiger partial charge in [0.2, 0.25) is 0 Å². The molecule has 110 valence electrons. The lowest BCUT2D eigenvalue weighted by molar-refractivity contribution is 0.0572. The van der Waals surface area contributed by atoms with Crippen molar-refractivity contribution in [3.8, 4) is 0 Å². The Bertz CT molecular complexity index is 485. The Hall–Kier alpha value is -1.70. The number of aliphatic hydroxyl groups is 2. The molecule has 0 aliphatic carbocycles. The van der Waals surface area contributed by atoms with Crippen molar-refractivity contribution >= 4 is 11.7 Å². The Labute approximate surface area is 117 Å². The maximum atomic E-state index is 12.4. The van der Waals surface area contributed by atoms with Crippen LogP contribution in [0.4, 0.5) is 5.82 Å². The van der Waals surface area contributed by atoms with Gasteiger partial charge in [-0.05, 0) is 18.6 Å².